The van der Waals surface area contributed by atoms with Crippen molar-refractivity contribution in [3.8, 4) is 0 Å². The molecule has 1 atom stereocenters. The molecule has 172 valence electrons. The maximum Gasteiger partial charge on any atom is 0.269 e. The Morgan fingerprint density at radius 1 is 0.939 bits per heavy atom. The first-order chi connectivity index (χ1) is 15.9. The number of nitrogens with one attached hydrogen (secondary N) is 3. The summed E-state index contributed by atoms with van der Waals surface area (Å²) >= 11 is 1.29. The van der Waals surface area contributed by atoms with Crippen LogP contribution in [0.15, 0.2) is 59.6 Å². The number of aliphatic imine (C=N–C) groups is 1. The topological polar surface area (TPSA) is 120 Å². The SMILES string of the molecule is CCN(CC)C1=NC(=O)[C@H](CC(=O)Nc2cccc(C(=O)NNC(=O)c3ccccc3)c2)S1. The van der Waals surface area contributed by atoms with E-state index < -0.39 is 17.1 Å². The predicted molar refractivity (Wildman–Crippen MR) is 128 cm³/mol. The highest BCUT2D eigenvalue weighted by atomic mass is 32.2. The standard InChI is InChI=1S/C23H25N5O4S/c1-3-28(4-2)23-25-22(32)18(33-23)14-19(29)24-17-12-8-11-16(13-17)21(31)27-26-20(30)15-9-6-5-7-10-15/h5-13,18H,3-4,14H2,1-2H3,(H,24,29)(H,26,30)(H,27,31)/t18-/m0/s1. The number of benzene rings is 2. The second-order valence-corrected chi connectivity index (χ2v) is 8.29. The van der Waals surface area contributed by atoms with Crippen LogP contribution in [0.1, 0.15) is 41.0 Å². The van der Waals surface area contributed by atoms with Crippen molar-refractivity contribution in [3.63, 3.8) is 0 Å². The van der Waals surface area contributed by atoms with Gasteiger partial charge in [-0.05, 0) is 44.2 Å². The first-order valence-electron chi connectivity index (χ1n) is 10.5. The molecule has 9 nitrogen and oxygen atoms in total. The molecular weight excluding hydrogens is 442 g/mol. The van der Waals surface area contributed by atoms with Crippen LogP contribution in [0.4, 0.5) is 5.69 Å². The first kappa shape index (κ1) is 24.0. The molecular formula is C23H25N5O4S. The van der Waals surface area contributed by atoms with E-state index in [0.717, 1.165) is 13.1 Å². The fraction of sp³-hybridized carbons (Fsp3) is 0.261. The van der Waals surface area contributed by atoms with Gasteiger partial charge in [0.2, 0.25) is 5.91 Å². The lowest BCUT2D eigenvalue weighted by atomic mass is 10.2. The molecule has 3 N–H and O–H groups in total. The van der Waals surface area contributed by atoms with Gasteiger partial charge in [-0.25, -0.2) is 0 Å². The zero-order chi connectivity index (χ0) is 23.8. The van der Waals surface area contributed by atoms with Crippen LogP contribution in [0.5, 0.6) is 0 Å². The van der Waals surface area contributed by atoms with Crippen molar-refractivity contribution in [1.29, 1.82) is 0 Å². The highest BCUT2D eigenvalue weighted by Crippen LogP contribution is 2.27. The molecule has 0 saturated heterocycles. The van der Waals surface area contributed by atoms with E-state index in [9.17, 15) is 19.2 Å². The molecule has 0 saturated carbocycles. The summed E-state index contributed by atoms with van der Waals surface area (Å²) in [6.45, 7) is 5.42. The van der Waals surface area contributed by atoms with E-state index in [1.54, 1.807) is 48.5 Å². The van der Waals surface area contributed by atoms with Crippen LogP contribution in [0.25, 0.3) is 0 Å². The van der Waals surface area contributed by atoms with Gasteiger partial charge in [-0.2, -0.15) is 4.99 Å². The van der Waals surface area contributed by atoms with Gasteiger partial charge in [0, 0.05) is 36.3 Å². The van der Waals surface area contributed by atoms with Crippen LogP contribution in [0, 0.1) is 0 Å². The molecule has 10 heteroatoms. The molecule has 2 aromatic carbocycles. The highest BCUT2D eigenvalue weighted by Gasteiger charge is 2.32. The van der Waals surface area contributed by atoms with Crippen LogP contribution >= 0.6 is 11.8 Å². The van der Waals surface area contributed by atoms with Crippen molar-refractivity contribution in [2.75, 3.05) is 18.4 Å². The van der Waals surface area contributed by atoms with E-state index in [-0.39, 0.29) is 23.8 Å². The molecule has 0 aromatic heterocycles. The first-order valence-corrected chi connectivity index (χ1v) is 11.4. The smallest absolute Gasteiger partial charge is 0.269 e. The van der Waals surface area contributed by atoms with Crippen molar-refractivity contribution in [1.82, 2.24) is 15.8 Å². The van der Waals surface area contributed by atoms with Crippen molar-refractivity contribution in [2.45, 2.75) is 25.5 Å². The van der Waals surface area contributed by atoms with Crippen molar-refractivity contribution >= 4 is 46.2 Å². The summed E-state index contributed by atoms with van der Waals surface area (Å²) in [5, 5.41) is 2.78. The minimum atomic E-state index is -0.569. The molecule has 0 radical (unpaired) electrons. The van der Waals surface area contributed by atoms with E-state index in [4.69, 9.17) is 0 Å². The van der Waals surface area contributed by atoms with Crippen LogP contribution in [-0.4, -0.2) is 52.0 Å². The second kappa shape index (κ2) is 11.3. The van der Waals surface area contributed by atoms with Gasteiger partial charge in [0.25, 0.3) is 17.7 Å². The lowest BCUT2D eigenvalue weighted by molar-refractivity contribution is -0.121. The Hall–Kier alpha value is -3.66. The van der Waals surface area contributed by atoms with Gasteiger partial charge < -0.3 is 10.2 Å². The Morgan fingerprint density at radius 2 is 1.58 bits per heavy atom. The number of hydrazine groups is 1. The fourth-order valence-corrected chi connectivity index (χ4v) is 4.30. The highest BCUT2D eigenvalue weighted by molar-refractivity contribution is 8.15. The van der Waals surface area contributed by atoms with E-state index in [2.05, 4.69) is 21.2 Å². The third-order valence-corrected chi connectivity index (χ3v) is 6.08. The number of hydrogen-bond acceptors (Lipinski definition) is 6. The number of nitrogens with zero attached hydrogens (tertiary/aromatic N) is 2. The molecule has 0 fully saturated rings. The molecule has 1 heterocycles. The van der Waals surface area contributed by atoms with Crippen LogP contribution < -0.4 is 16.2 Å². The lowest BCUT2D eigenvalue weighted by Crippen LogP contribution is -2.41. The molecule has 0 bridgehead atoms. The lowest BCUT2D eigenvalue weighted by Gasteiger charge is -2.19. The average molecular weight is 468 g/mol. The number of amidine groups is 1. The average Bonchev–Trinajstić information content (AvgIpc) is 3.18. The summed E-state index contributed by atoms with van der Waals surface area (Å²) in [6.07, 6.45) is -0.0265. The largest absolute Gasteiger partial charge is 0.352 e. The molecule has 1 aliphatic rings. The second-order valence-electron chi connectivity index (χ2n) is 7.12. The van der Waals surface area contributed by atoms with Gasteiger partial charge in [-0.1, -0.05) is 36.0 Å². The molecule has 0 aliphatic carbocycles. The maximum absolute atomic E-state index is 12.5. The summed E-state index contributed by atoms with van der Waals surface area (Å²) in [7, 11) is 0. The number of carbonyl (C=O) groups excluding carboxylic acids is 4. The van der Waals surface area contributed by atoms with Crippen molar-refractivity contribution < 1.29 is 19.2 Å². The zero-order valence-corrected chi connectivity index (χ0v) is 19.1. The third kappa shape index (κ3) is 6.42. The molecule has 2 aromatic rings. The van der Waals surface area contributed by atoms with Crippen LogP contribution in [0.3, 0.4) is 0 Å². The minimum absolute atomic E-state index is 0.0265. The number of thioether (sulfide) groups is 1. The predicted octanol–water partition coefficient (Wildman–Crippen LogP) is 2.43. The Kier molecular flexibility index (Phi) is 8.20. The number of rotatable bonds is 7. The van der Waals surface area contributed by atoms with Crippen LogP contribution in [0.2, 0.25) is 0 Å². The molecule has 3 rings (SSSR count). The summed E-state index contributed by atoms with van der Waals surface area (Å²) < 4.78 is 0. The van der Waals surface area contributed by atoms with Crippen LogP contribution in [-0.2, 0) is 9.59 Å². The number of anilines is 1. The number of carbonyl (C=O) groups is 4. The van der Waals surface area contributed by atoms with E-state index >= 15 is 0 Å². The number of hydrogen-bond donors (Lipinski definition) is 3. The Labute approximate surface area is 196 Å². The van der Waals surface area contributed by atoms with Gasteiger partial charge in [0.1, 0.15) is 5.25 Å². The van der Waals surface area contributed by atoms with Gasteiger partial charge in [0.05, 0.1) is 0 Å². The Bertz CT molecular complexity index is 1070. The van der Waals surface area contributed by atoms with E-state index in [1.165, 1.54) is 17.8 Å². The zero-order valence-electron chi connectivity index (χ0n) is 18.3. The summed E-state index contributed by atoms with van der Waals surface area (Å²) in [4.78, 5) is 55.2. The Balaban J connectivity index is 1.53. The monoisotopic (exact) mass is 467 g/mol. The normalized spacial score (nSPS) is 14.9. The fourth-order valence-electron chi connectivity index (χ4n) is 3.10. The van der Waals surface area contributed by atoms with Gasteiger partial charge in [-0.3, -0.25) is 30.0 Å². The molecule has 0 unspecified atom stereocenters. The molecule has 1 aliphatic heterocycles. The van der Waals surface area contributed by atoms with Crippen molar-refractivity contribution in [2.24, 2.45) is 4.99 Å². The maximum atomic E-state index is 12.5. The third-order valence-electron chi connectivity index (χ3n) is 4.87. The minimum Gasteiger partial charge on any atom is -0.352 e. The number of amides is 4. The van der Waals surface area contributed by atoms with E-state index in [1.807, 2.05) is 18.7 Å². The van der Waals surface area contributed by atoms with Crippen molar-refractivity contribution in [3.05, 3.63) is 65.7 Å². The van der Waals surface area contributed by atoms with Gasteiger partial charge in [0.15, 0.2) is 5.17 Å². The Morgan fingerprint density at radius 3 is 2.24 bits per heavy atom. The van der Waals surface area contributed by atoms with Gasteiger partial charge in [-0.15, -0.1) is 0 Å². The van der Waals surface area contributed by atoms with E-state index in [0.29, 0.717) is 16.4 Å². The molecule has 33 heavy (non-hydrogen) atoms. The van der Waals surface area contributed by atoms with Gasteiger partial charge >= 0.3 is 0 Å². The molecule has 4 amide bonds. The quantitative estimate of drug-likeness (QED) is 0.538. The summed E-state index contributed by atoms with van der Waals surface area (Å²) in [5.41, 5.74) is 5.76. The summed E-state index contributed by atoms with van der Waals surface area (Å²) in [5.74, 6) is -1.65. The summed E-state index contributed by atoms with van der Waals surface area (Å²) in [6, 6.07) is 14.8. The molecule has 0 spiro atoms.